The fourth-order valence-corrected chi connectivity index (χ4v) is 4.00. The molecule has 0 atom stereocenters. The van der Waals surface area contributed by atoms with Gasteiger partial charge in [0.05, 0.1) is 0 Å². The largest absolute Gasteiger partial charge is 0.367 e. The molecule has 0 saturated carbocycles. The quantitative estimate of drug-likeness (QED) is 0.728. The Labute approximate surface area is 167 Å². The standard InChI is InChI=1S/C24H31FN2O/c1-16-13-21-20(17(2)23(16)26-22(28)14-24(3,4)5)7-6-12-27(21)15-18-8-10-19(25)11-9-18/h8-11,13H,6-7,12,14-15H2,1-5H3,(H,26,28). The number of hydrogen-bond acceptors (Lipinski definition) is 2. The van der Waals surface area contributed by atoms with Crippen LogP contribution >= 0.6 is 0 Å². The van der Waals surface area contributed by atoms with Crippen molar-refractivity contribution in [2.75, 3.05) is 16.8 Å². The molecule has 0 unspecified atom stereocenters. The maximum absolute atomic E-state index is 13.2. The van der Waals surface area contributed by atoms with Crippen LogP contribution in [0, 0.1) is 25.1 Å². The average Bonchev–Trinajstić information content (AvgIpc) is 2.60. The van der Waals surface area contributed by atoms with Gasteiger partial charge in [-0.1, -0.05) is 32.9 Å². The first kappa shape index (κ1) is 20.4. The number of rotatable bonds is 4. The number of hydrogen-bond donors (Lipinski definition) is 1. The Morgan fingerprint density at radius 2 is 1.86 bits per heavy atom. The maximum Gasteiger partial charge on any atom is 0.224 e. The summed E-state index contributed by atoms with van der Waals surface area (Å²) in [6, 6.07) is 8.93. The Hall–Kier alpha value is -2.36. The molecule has 0 saturated heterocycles. The van der Waals surface area contributed by atoms with Crippen LogP contribution in [0.4, 0.5) is 15.8 Å². The van der Waals surface area contributed by atoms with E-state index in [1.807, 2.05) is 12.1 Å². The SMILES string of the molecule is Cc1cc2c(c(C)c1NC(=O)CC(C)(C)C)CCCN2Cc1ccc(F)cc1. The van der Waals surface area contributed by atoms with Gasteiger partial charge >= 0.3 is 0 Å². The zero-order valence-corrected chi connectivity index (χ0v) is 17.7. The third kappa shape index (κ3) is 4.73. The van der Waals surface area contributed by atoms with Crippen LogP contribution in [0.25, 0.3) is 0 Å². The molecule has 150 valence electrons. The number of fused-ring (bicyclic) bond motifs is 1. The van der Waals surface area contributed by atoms with E-state index in [0.29, 0.717) is 6.42 Å². The summed E-state index contributed by atoms with van der Waals surface area (Å²) in [5.74, 6) is -0.136. The van der Waals surface area contributed by atoms with Crippen LogP contribution in [-0.4, -0.2) is 12.5 Å². The van der Waals surface area contributed by atoms with Crippen LogP contribution in [0.5, 0.6) is 0 Å². The second kappa shape index (κ2) is 7.94. The number of nitrogens with one attached hydrogen (secondary N) is 1. The number of benzene rings is 2. The zero-order chi connectivity index (χ0) is 20.5. The Morgan fingerprint density at radius 3 is 2.50 bits per heavy atom. The first-order chi connectivity index (χ1) is 13.1. The van der Waals surface area contributed by atoms with Gasteiger partial charge in [-0.05, 0) is 72.6 Å². The van der Waals surface area contributed by atoms with Gasteiger partial charge in [-0.25, -0.2) is 4.39 Å². The molecule has 0 radical (unpaired) electrons. The van der Waals surface area contributed by atoms with Gasteiger partial charge in [-0.3, -0.25) is 4.79 Å². The van der Waals surface area contributed by atoms with E-state index in [1.165, 1.54) is 28.9 Å². The number of aryl methyl sites for hydroxylation is 1. The first-order valence-corrected chi connectivity index (χ1v) is 10.1. The highest BCUT2D eigenvalue weighted by molar-refractivity contribution is 5.93. The second-order valence-corrected chi connectivity index (χ2v) is 9.13. The van der Waals surface area contributed by atoms with Gasteiger partial charge in [0.2, 0.25) is 5.91 Å². The lowest BCUT2D eigenvalue weighted by atomic mass is 9.90. The van der Waals surface area contributed by atoms with Crippen LogP contribution in [0.1, 0.15) is 55.9 Å². The fraction of sp³-hybridized carbons (Fsp3) is 0.458. The molecule has 1 N–H and O–H groups in total. The molecule has 0 aliphatic carbocycles. The molecule has 28 heavy (non-hydrogen) atoms. The molecular weight excluding hydrogens is 351 g/mol. The van der Waals surface area contributed by atoms with E-state index in [0.717, 1.165) is 42.7 Å². The Kier molecular flexibility index (Phi) is 5.78. The van der Waals surface area contributed by atoms with Crippen molar-refractivity contribution in [3.05, 3.63) is 58.4 Å². The number of carbonyl (C=O) groups is 1. The number of anilines is 2. The van der Waals surface area contributed by atoms with Gasteiger partial charge in [0.15, 0.2) is 0 Å². The Bertz CT molecular complexity index is 866. The molecule has 1 aliphatic heterocycles. The van der Waals surface area contributed by atoms with E-state index >= 15 is 0 Å². The molecular formula is C24H31FN2O. The molecule has 1 amide bonds. The topological polar surface area (TPSA) is 32.3 Å². The minimum Gasteiger partial charge on any atom is -0.367 e. The van der Waals surface area contributed by atoms with Crippen LogP contribution in [0.3, 0.4) is 0 Å². The minimum absolute atomic E-state index is 0.0357. The van der Waals surface area contributed by atoms with E-state index in [9.17, 15) is 9.18 Å². The normalized spacial score (nSPS) is 14.0. The molecule has 0 bridgehead atoms. The maximum atomic E-state index is 13.2. The van der Waals surface area contributed by atoms with E-state index in [-0.39, 0.29) is 17.1 Å². The number of amides is 1. The average molecular weight is 383 g/mol. The number of nitrogens with zero attached hydrogens (tertiary/aromatic N) is 1. The van der Waals surface area contributed by atoms with Crippen molar-refractivity contribution in [2.45, 2.75) is 60.4 Å². The second-order valence-electron chi connectivity index (χ2n) is 9.13. The van der Waals surface area contributed by atoms with E-state index < -0.39 is 0 Å². The highest BCUT2D eigenvalue weighted by Gasteiger charge is 2.23. The van der Waals surface area contributed by atoms with Crippen molar-refractivity contribution in [1.29, 1.82) is 0 Å². The predicted octanol–water partition coefficient (Wildman–Crippen LogP) is 5.77. The Balaban J connectivity index is 1.87. The number of halogens is 1. The van der Waals surface area contributed by atoms with Crippen LogP contribution in [0.15, 0.2) is 30.3 Å². The monoisotopic (exact) mass is 382 g/mol. The van der Waals surface area contributed by atoms with Crippen LogP contribution in [-0.2, 0) is 17.8 Å². The lowest BCUT2D eigenvalue weighted by Gasteiger charge is -2.34. The van der Waals surface area contributed by atoms with Crippen molar-refractivity contribution in [3.63, 3.8) is 0 Å². The predicted molar refractivity (Wildman–Crippen MR) is 114 cm³/mol. The number of carbonyl (C=O) groups excluding carboxylic acids is 1. The van der Waals surface area contributed by atoms with Crippen LogP contribution < -0.4 is 10.2 Å². The molecule has 4 heteroatoms. The lowest BCUT2D eigenvalue weighted by molar-refractivity contribution is -0.117. The van der Waals surface area contributed by atoms with Crippen molar-refractivity contribution >= 4 is 17.3 Å². The molecule has 2 aromatic rings. The van der Waals surface area contributed by atoms with Gasteiger partial charge in [-0.15, -0.1) is 0 Å². The molecule has 1 aliphatic rings. The molecule has 2 aromatic carbocycles. The molecule has 0 spiro atoms. The Morgan fingerprint density at radius 1 is 1.18 bits per heavy atom. The van der Waals surface area contributed by atoms with E-state index in [2.05, 4.69) is 50.9 Å². The summed E-state index contributed by atoms with van der Waals surface area (Å²) in [4.78, 5) is 14.8. The van der Waals surface area contributed by atoms with Gasteiger partial charge in [0.1, 0.15) is 5.82 Å². The molecule has 1 heterocycles. The summed E-state index contributed by atoms with van der Waals surface area (Å²) in [5, 5.41) is 3.16. The van der Waals surface area contributed by atoms with Crippen molar-refractivity contribution in [1.82, 2.24) is 0 Å². The van der Waals surface area contributed by atoms with E-state index in [4.69, 9.17) is 0 Å². The molecule has 0 fully saturated rings. The summed E-state index contributed by atoms with van der Waals surface area (Å²) in [6.07, 6.45) is 2.59. The van der Waals surface area contributed by atoms with Gasteiger partial charge in [0.25, 0.3) is 0 Å². The summed E-state index contributed by atoms with van der Waals surface area (Å²) in [7, 11) is 0. The molecule has 3 nitrogen and oxygen atoms in total. The lowest BCUT2D eigenvalue weighted by Crippen LogP contribution is -2.30. The molecule has 0 aromatic heterocycles. The first-order valence-electron chi connectivity index (χ1n) is 10.1. The highest BCUT2D eigenvalue weighted by atomic mass is 19.1. The highest BCUT2D eigenvalue weighted by Crippen LogP contribution is 2.37. The van der Waals surface area contributed by atoms with Crippen molar-refractivity contribution < 1.29 is 9.18 Å². The third-order valence-electron chi connectivity index (χ3n) is 5.32. The third-order valence-corrected chi connectivity index (χ3v) is 5.32. The summed E-state index contributed by atoms with van der Waals surface area (Å²) in [6.45, 7) is 12.1. The summed E-state index contributed by atoms with van der Waals surface area (Å²) in [5.41, 5.74) is 6.82. The smallest absolute Gasteiger partial charge is 0.224 e. The molecule has 3 rings (SSSR count). The van der Waals surface area contributed by atoms with Crippen molar-refractivity contribution in [3.8, 4) is 0 Å². The van der Waals surface area contributed by atoms with Gasteiger partial charge < -0.3 is 10.2 Å². The zero-order valence-electron chi connectivity index (χ0n) is 17.7. The van der Waals surface area contributed by atoms with Crippen LogP contribution in [0.2, 0.25) is 0 Å². The summed E-state index contributed by atoms with van der Waals surface area (Å²) < 4.78 is 13.2. The summed E-state index contributed by atoms with van der Waals surface area (Å²) >= 11 is 0. The van der Waals surface area contributed by atoms with E-state index in [1.54, 1.807) is 0 Å². The van der Waals surface area contributed by atoms with Gasteiger partial charge in [-0.2, -0.15) is 0 Å². The minimum atomic E-state index is -0.204. The van der Waals surface area contributed by atoms with Crippen molar-refractivity contribution in [2.24, 2.45) is 5.41 Å². The van der Waals surface area contributed by atoms with Gasteiger partial charge in [0, 0.05) is 30.9 Å². The fourth-order valence-electron chi connectivity index (χ4n) is 4.00.